The van der Waals surface area contributed by atoms with Crippen molar-refractivity contribution in [3.63, 3.8) is 0 Å². The Bertz CT molecular complexity index is 2570. The predicted molar refractivity (Wildman–Crippen MR) is 149 cm³/mol. The van der Waals surface area contributed by atoms with E-state index in [1.54, 1.807) is 0 Å². The number of halogens is 15. The van der Waals surface area contributed by atoms with E-state index in [9.17, 15) is 57.9 Å². The predicted octanol–water partition coefficient (Wildman–Crippen LogP) is 9.49. The first kappa shape index (κ1) is 35.0. The number of fused-ring (bicyclic) bond motifs is 3. The second-order valence-corrected chi connectivity index (χ2v) is 10.7. The lowest BCUT2D eigenvalue weighted by molar-refractivity contribution is -0.137. The molecular formula is C33H8F15N3. The first-order valence-electron chi connectivity index (χ1n) is 13.6. The van der Waals surface area contributed by atoms with E-state index in [1.807, 2.05) is 0 Å². The number of nitriles is 1. The molecule has 0 N–H and O–H groups in total. The van der Waals surface area contributed by atoms with Crippen LogP contribution in [-0.4, -0.2) is 9.97 Å². The van der Waals surface area contributed by atoms with Gasteiger partial charge in [-0.05, 0) is 46.9 Å². The molecule has 18 heteroatoms. The monoisotopic (exact) mass is 731 g/mol. The van der Waals surface area contributed by atoms with Crippen molar-refractivity contribution < 1.29 is 65.9 Å². The molecule has 0 saturated heterocycles. The highest BCUT2D eigenvalue weighted by Gasteiger charge is 2.40. The average Bonchev–Trinajstić information content (AvgIpc) is 3.39. The summed E-state index contributed by atoms with van der Waals surface area (Å²) < 4.78 is 219. The third kappa shape index (κ3) is 4.93. The number of hydrogen-bond donors (Lipinski definition) is 0. The first-order chi connectivity index (χ1) is 23.9. The summed E-state index contributed by atoms with van der Waals surface area (Å²) in [5.74, 6) is -23.4. The molecule has 0 saturated carbocycles. The van der Waals surface area contributed by atoms with Gasteiger partial charge in [0.15, 0.2) is 34.9 Å². The fraction of sp³-hybridized carbons (Fsp3) is 0.0606. The number of allylic oxidation sites excluding steroid dienone is 1. The SMILES string of the molecule is Cc1cc2c3c(c(C#N)c(=C(F)/C(F)=C/F)/c(=C/F)c3c1-c1c(F)c(F)nc(F)c1F)-c1cc(-c3c(F)c(F)nc(F)c3F)c(C(F)(F)F)cc1-2. The van der Waals surface area contributed by atoms with Crippen LogP contribution in [0.1, 0.15) is 16.7 Å². The molecule has 0 amide bonds. The molecule has 0 fully saturated rings. The summed E-state index contributed by atoms with van der Waals surface area (Å²) in [5.41, 5.74) is -12.9. The largest absolute Gasteiger partial charge is 0.417 e. The number of alkyl halides is 3. The summed E-state index contributed by atoms with van der Waals surface area (Å²) in [6, 6.07) is 2.56. The normalized spacial score (nSPS) is 13.6. The van der Waals surface area contributed by atoms with Crippen LogP contribution < -0.4 is 10.4 Å². The van der Waals surface area contributed by atoms with Crippen molar-refractivity contribution in [3.05, 3.63) is 105 Å². The van der Waals surface area contributed by atoms with Gasteiger partial charge in [-0.1, -0.05) is 6.07 Å². The van der Waals surface area contributed by atoms with E-state index in [-0.39, 0.29) is 12.1 Å². The summed E-state index contributed by atoms with van der Waals surface area (Å²) in [4.78, 5) is 4.68. The Morgan fingerprint density at radius 3 is 1.67 bits per heavy atom. The van der Waals surface area contributed by atoms with Gasteiger partial charge in [-0.3, -0.25) is 0 Å². The van der Waals surface area contributed by atoms with E-state index in [4.69, 9.17) is 0 Å². The van der Waals surface area contributed by atoms with Gasteiger partial charge >= 0.3 is 6.18 Å². The fourth-order valence-electron chi connectivity index (χ4n) is 6.18. The van der Waals surface area contributed by atoms with Gasteiger partial charge in [0, 0.05) is 32.3 Å². The lowest BCUT2D eigenvalue weighted by Crippen LogP contribution is -2.31. The zero-order chi connectivity index (χ0) is 37.6. The van der Waals surface area contributed by atoms with Crippen molar-refractivity contribution >= 4 is 22.9 Å². The molecule has 260 valence electrons. The van der Waals surface area contributed by atoms with Crippen molar-refractivity contribution in [2.75, 3.05) is 0 Å². The van der Waals surface area contributed by atoms with E-state index >= 15 is 13.2 Å². The van der Waals surface area contributed by atoms with Crippen LogP contribution in [0.3, 0.4) is 0 Å². The van der Waals surface area contributed by atoms with E-state index in [1.165, 1.54) is 6.07 Å². The van der Waals surface area contributed by atoms with Gasteiger partial charge in [-0.15, -0.1) is 0 Å². The number of pyridine rings is 2. The summed E-state index contributed by atoms with van der Waals surface area (Å²) in [7, 11) is 0. The first-order valence-corrected chi connectivity index (χ1v) is 13.6. The molecule has 5 aromatic rings. The number of benzene rings is 3. The second kappa shape index (κ2) is 11.9. The van der Waals surface area contributed by atoms with Crippen molar-refractivity contribution in [2.24, 2.45) is 0 Å². The zero-order valence-electron chi connectivity index (χ0n) is 24.4. The van der Waals surface area contributed by atoms with Gasteiger partial charge in [0.25, 0.3) is 23.8 Å². The minimum absolute atomic E-state index is 0.155. The highest BCUT2D eigenvalue weighted by Crippen LogP contribution is 2.54. The Morgan fingerprint density at radius 2 is 1.20 bits per heavy atom. The Balaban J connectivity index is 1.98. The van der Waals surface area contributed by atoms with Crippen molar-refractivity contribution in [1.82, 2.24) is 9.97 Å². The van der Waals surface area contributed by atoms with E-state index in [0.29, 0.717) is 0 Å². The number of aromatic nitrogens is 2. The molecule has 2 aromatic heterocycles. The highest BCUT2D eigenvalue weighted by atomic mass is 19.4. The van der Waals surface area contributed by atoms with Gasteiger partial charge in [-0.25, -0.2) is 35.1 Å². The number of hydrogen-bond acceptors (Lipinski definition) is 3. The maximum Gasteiger partial charge on any atom is 0.417 e. The van der Waals surface area contributed by atoms with Gasteiger partial charge < -0.3 is 0 Å². The second-order valence-electron chi connectivity index (χ2n) is 10.7. The molecule has 0 radical (unpaired) electrons. The number of aryl methyl sites for hydroxylation is 1. The van der Waals surface area contributed by atoms with Crippen LogP contribution >= 0.6 is 0 Å². The maximum atomic E-state index is 15.6. The van der Waals surface area contributed by atoms with E-state index < -0.39 is 160 Å². The van der Waals surface area contributed by atoms with Crippen LogP contribution in [0.25, 0.3) is 67.4 Å². The molecule has 6 rings (SSSR count). The van der Waals surface area contributed by atoms with Crippen LogP contribution in [0.15, 0.2) is 30.4 Å². The fourth-order valence-corrected chi connectivity index (χ4v) is 6.18. The molecule has 0 aliphatic heterocycles. The topological polar surface area (TPSA) is 49.6 Å². The molecule has 3 aromatic carbocycles. The Hall–Kier alpha value is -5.86. The van der Waals surface area contributed by atoms with Gasteiger partial charge in [0.1, 0.15) is 12.4 Å². The van der Waals surface area contributed by atoms with Gasteiger partial charge in [0.2, 0.25) is 0 Å². The van der Waals surface area contributed by atoms with Crippen molar-refractivity contribution in [2.45, 2.75) is 13.1 Å². The van der Waals surface area contributed by atoms with E-state index in [2.05, 4.69) is 9.97 Å². The summed E-state index contributed by atoms with van der Waals surface area (Å²) in [5, 5.41) is 5.52. The van der Waals surface area contributed by atoms with Gasteiger partial charge in [-0.2, -0.15) is 46.0 Å². The molecule has 0 atom stereocenters. The molecule has 0 spiro atoms. The summed E-state index contributed by atoms with van der Waals surface area (Å²) in [6.45, 7) is 0.937. The van der Waals surface area contributed by atoms with Crippen LogP contribution in [-0.2, 0) is 6.18 Å². The minimum atomic E-state index is -5.60. The van der Waals surface area contributed by atoms with E-state index in [0.717, 1.165) is 13.0 Å². The molecule has 1 aliphatic rings. The number of nitrogens with zero attached hydrogens (tertiary/aromatic N) is 3. The quantitative estimate of drug-likeness (QED) is 0.135. The van der Waals surface area contributed by atoms with Crippen LogP contribution in [0.2, 0.25) is 0 Å². The molecule has 0 unspecified atom stereocenters. The molecule has 3 nitrogen and oxygen atoms in total. The van der Waals surface area contributed by atoms with Gasteiger partial charge in [0.05, 0.1) is 28.6 Å². The third-order valence-electron chi connectivity index (χ3n) is 8.10. The zero-order valence-corrected chi connectivity index (χ0v) is 24.4. The molecule has 51 heavy (non-hydrogen) atoms. The lowest BCUT2D eigenvalue weighted by atomic mass is 9.86. The number of rotatable bonds is 3. The van der Waals surface area contributed by atoms with Crippen LogP contribution in [0, 0.1) is 65.3 Å². The lowest BCUT2D eigenvalue weighted by Gasteiger charge is -2.17. The minimum Gasteiger partial charge on any atom is -0.215 e. The maximum absolute atomic E-state index is 15.6. The van der Waals surface area contributed by atoms with Crippen molar-refractivity contribution in [1.29, 1.82) is 5.26 Å². The Kier molecular flexibility index (Phi) is 8.15. The molecule has 0 bridgehead atoms. The Labute approximate surface area is 272 Å². The standard InChI is InChI=1S/C33H8F15N3/c1-8-2-10-9-4-15(33(46,47)48)12(22-25(38)29(42)50-30(43)26(22)39)3-11(9)18-14(7-49)19(24(37)16(36)6-35)13(5-34)21(20(10)18)17(8)23-27(40)31(44)51-32(45)28(23)41/h2-6H,1H3/b13-5-,16-6-,24-19-. The smallest absolute Gasteiger partial charge is 0.215 e. The molecule has 1 aliphatic carbocycles. The molecule has 2 heterocycles. The average molecular weight is 731 g/mol. The van der Waals surface area contributed by atoms with Crippen LogP contribution in [0.4, 0.5) is 65.9 Å². The molecular weight excluding hydrogens is 723 g/mol. The van der Waals surface area contributed by atoms with Crippen LogP contribution in [0.5, 0.6) is 0 Å². The summed E-state index contributed by atoms with van der Waals surface area (Å²) in [6.07, 6.45) is -7.19. The Morgan fingerprint density at radius 1 is 0.667 bits per heavy atom. The summed E-state index contributed by atoms with van der Waals surface area (Å²) >= 11 is 0. The van der Waals surface area contributed by atoms with Crippen molar-refractivity contribution in [3.8, 4) is 50.6 Å². The third-order valence-corrected chi connectivity index (χ3v) is 8.10. The highest BCUT2D eigenvalue weighted by molar-refractivity contribution is 6.21.